The molecule has 1 aromatic rings. The fraction of sp³-hybridized carbons (Fsp3) is 0.789. The van der Waals surface area contributed by atoms with Crippen molar-refractivity contribution >= 4 is 5.57 Å². The molecular formula is C38H54O5. The van der Waals surface area contributed by atoms with E-state index in [2.05, 4.69) is 65.5 Å². The van der Waals surface area contributed by atoms with Crippen LogP contribution in [-0.4, -0.2) is 37.0 Å². The molecule has 236 valence electrons. The predicted molar refractivity (Wildman–Crippen MR) is 167 cm³/mol. The van der Waals surface area contributed by atoms with Crippen LogP contribution in [0.3, 0.4) is 0 Å². The van der Waals surface area contributed by atoms with Crippen molar-refractivity contribution in [3.8, 4) is 0 Å². The van der Waals surface area contributed by atoms with Gasteiger partial charge in [-0.05, 0) is 109 Å². The van der Waals surface area contributed by atoms with Gasteiger partial charge < -0.3 is 14.2 Å². The van der Waals surface area contributed by atoms with Crippen molar-refractivity contribution in [2.45, 2.75) is 123 Å². The van der Waals surface area contributed by atoms with Crippen molar-refractivity contribution in [1.29, 1.82) is 0 Å². The van der Waals surface area contributed by atoms with Gasteiger partial charge in [-0.1, -0.05) is 64.1 Å². The highest BCUT2D eigenvalue weighted by Crippen LogP contribution is 2.72. The van der Waals surface area contributed by atoms with Crippen molar-refractivity contribution in [2.75, 3.05) is 13.2 Å². The van der Waals surface area contributed by atoms with Gasteiger partial charge in [0.1, 0.15) is 6.10 Å². The zero-order chi connectivity index (χ0) is 29.8. The van der Waals surface area contributed by atoms with Crippen molar-refractivity contribution in [3.63, 3.8) is 0 Å². The van der Waals surface area contributed by atoms with Crippen LogP contribution in [0.4, 0.5) is 0 Å². The van der Waals surface area contributed by atoms with E-state index in [1.165, 1.54) is 44.1 Å². The number of hydrogen-bond acceptors (Lipinski definition) is 5. The van der Waals surface area contributed by atoms with Crippen LogP contribution in [-0.2, 0) is 24.0 Å². The molecule has 7 fully saturated rings. The summed E-state index contributed by atoms with van der Waals surface area (Å²) in [6.45, 7) is 17.8. The fourth-order valence-corrected chi connectivity index (χ4v) is 12.0. The highest BCUT2D eigenvalue weighted by atomic mass is 17.2. The molecule has 3 heterocycles. The molecule has 43 heavy (non-hydrogen) atoms. The first-order valence-corrected chi connectivity index (χ1v) is 17.6. The molecule has 9 unspecified atom stereocenters. The Morgan fingerprint density at radius 1 is 0.860 bits per heavy atom. The molecule has 0 N–H and O–H groups in total. The molecule has 0 radical (unpaired) electrons. The maximum absolute atomic E-state index is 7.00. The van der Waals surface area contributed by atoms with Gasteiger partial charge in [0.05, 0.1) is 19.3 Å². The second kappa shape index (κ2) is 10.1. The lowest BCUT2D eigenvalue weighted by Crippen LogP contribution is -2.58. The zero-order valence-corrected chi connectivity index (χ0v) is 27.2. The quantitative estimate of drug-likeness (QED) is 0.323. The highest BCUT2D eigenvalue weighted by Gasteiger charge is 2.69. The first kappa shape index (κ1) is 29.2. The molecule has 4 aliphatic carbocycles. The Balaban J connectivity index is 0.939. The maximum atomic E-state index is 7.00. The van der Waals surface area contributed by atoms with Gasteiger partial charge in [-0.25, -0.2) is 9.78 Å². The van der Waals surface area contributed by atoms with Crippen LogP contribution >= 0.6 is 0 Å². The van der Waals surface area contributed by atoms with E-state index in [1.54, 1.807) is 0 Å². The molecule has 13 atom stereocenters. The largest absolute Gasteiger partial charge is 0.349 e. The molecule has 8 rings (SSSR count). The fourth-order valence-electron chi connectivity index (χ4n) is 12.0. The molecule has 0 aromatic heterocycles. The van der Waals surface area contributed by atoms with Crippen molar-refractivity contribution < 1.29 is 24.0 Å². The van der Waals surface area contributed by atoms with Gasteiger partial charge in [0.25, 0.3) is 0 Å². The summed E-state index contributed by atoms with van der Waals surface area (Å²) < 4.78 is 20.1. The number of hydrogen-bond donors (Lipinski definition) is 0. The van der Waals surface area contributed by atoms with Gasteiger partial charge in [0, 0.05) is 25.2 Å². The maximum Gasteiger partial charge on any atom is 0.202 e. The monoisotopic (exact) mass is 590 g/mol. The third-order valence-electron chi connectivity index (χ3n) is 14.6. The van der Waals surface area contributed by atoms with Crippen molar-refractivity contribution in [1.82, 2.24) is 0 Å². The molecule has 0 bridgehead atoms. The molecule has 4 saturated carbocycles. The van der Waals surface area contributed by atoms with E-state index in [0.29, 0.717) is 47.2 Å². The minimum absolute atomic E-state index is 0.263. The molecule has 3 aliphatic heterocycles. The average molecular weight is 591 g/mol. The number of ether oxygens (including phenoxy) is 3. The summed E-state index contributed by atoms with van der Waals surface area (Å²) in [5.41, 5.74) is 3.98. The highest BCUT2D eigenvalue weighted by molar-refractivity contribution is 5.67. The summed E-state index contributed by atoms with van der Waals surface area (Å²) in [6.07, 6.45) is 12.0. The normalized spacial score (nSPS) is 52.3. The van der Waals surface area contributed by atoms with Gasteiger partial charge in [-0.15, -0.1) is 0 Å². The lowest BCUT2D eigenvalue weighted by atomic mass is 9.44. The second-order valence-corrected chi connectivity index (χ2v) is 16.7. The Labute approximate surface area is 259 Å². The minimum Gasteiger partial charge on any atom is -0.349 e. The Hall–Kier alpha value is -1.24. The molecule has 7 aliphatic rings. The van der Waals surface area contributed by atoms with E-state index >= 15 is 0 Å². The molecule has 1 aromatic carbocycles. The topological polar surface area (TPSA) is 46.2 Å². The van der Waals surface area contributed by atoms with Crippen molar-refractivity contribution in [3.05, 3.63) is 42.0 Å². The molecular weight excluding hydrogens is 536 g/mol. The Morgan fingerprint density at radius 2 is 1.67 bits per heavy atom. The second-order valence-electron chi connectivity index (χ2n) is 16.7. The third-order valence-corrected chi connectivity index (χ3v) is 14.6. The Bertz CT molecular complexity index is 1230. The molecule has 0 amide bonds. The number of rotatable bonds is 2. The van der Waals surface area contributed by atoms with Crippen LogP contribution in [0.5, 0.6) is 0 Å². The van der Waals surface area contributed by atoms with Gasteiger partial charge in [0.15, 0.2) is 5.79 Å². The van der Waals surface area contributed by atoms with E-state index in [9.17, 15) is 0 Å². The summed E-state index contributed by atoms with van der Waals surface area (Å²) in [5.74, 6) is 3.84. The molecule has 5 heteroatoms. The van der Waals surface area contributed by atoms with Crippen LogP contribution in [0.2, 0.25) is 0 Å². The molecule has 3 saturated heterocycles. The van der Waals surface area contributed by atoms with Gasteiger partial charge >= 0.3 is 0 Å². The van der Waals surface area contributed by atoms with Crippen LogP contribution in [0.1, 0.15) is 103 Å². The average Bonchev–Trinajstić information content (AvgIpc) is 3.45. The standard InChI is InChI=1S/C38H54O5/c1-23-7-9-27(10-8-23)25(3)33-22-39-37(43-42-33)18-17-35(5)28(20-37)11-12-29-30(35)14-15-36(6)31(29)19-32-34(36)26(4)38(41-32)16-13-24(2)21-40-38/h7-10,24,26,28-34H,3,11-22H2,1-2,4-6H3/t24-,26+,28?,29?,30?,31?,32?,33?,34?,35+,36+,37?,38?/m1/s1. The summed E-state index contributed by atoms with van der Waals surface area (Å²) in [6, 6.07) is 8.45. The number of aryl methyl sites for hydroxylation is 1. The predicted octanol–water partition coefficient (Wildman–Crippen LogP) is 8.50. The Kier molecular flexibility index (Phi) is 6.87. The zero-order valence-electron chi connectivity index (χ0n) is 27.2. The van der Waals surface area contributed by atoms with Crippen LogP contribution in [0, 0.1) is 59.2 Å². The number of benzene rings is 1. The molecule has 2 spiro atoms. The van der Waals surface area contributed by atoms with E-state index in [0.717, 1.165) is 61.2 Å². The molecule has 5 nitrogen and oxygen atoms in total. The van der Waals surface area contributed by atoms with Crippen molar-refractivity contribution in [2.24, 2.45) is 52.3 Å². The first-order chi connectivity index (χ1) is 20.6. The SMILES string of the molecule is C=C(c1ccc(C)cc1)C1COC2(CC[C@@]3(C)C(CCC4C3CC[C@@]3(C)C4CC4OC5(CC[C@@H](C)CO5)[C@@H](C)C43)C2)OO1. The minimum atomic E-state index is -0.607. The van der Waals surface area contributed by atoms with Gasteiger partial charge in [-0.3, -0.25) is 0 Å². The third kappa shape index (κ3) is 4.34. The van der Waals surface area contributed by atoms with Gasteiger partial charge in [0.2, 0.25) is 5.79 Å². The summed E-state index contributed by atoms with van der Waals surface area (Å²) in [4.78, 5) is 12.3. The Morgan fingerprint density at radius 3 is 2.40 bits per heavy atom. The van der Waals surface area contributed by atoms with E-state index in [4.69, 9.17) is 24.0 Å². The summed E-state index contributed by atoms with van der Waals surface area (Å²) in [5, 5.41) is 0. The van der Waals surface area contributed by atoms with E-state index in [1.807, 2.05) is 0 Å². The van der Waals surface area contributed by atoms with E-state index < -0.39 is 5.79 Å². The lowest BCUT2D eigenvalue weighted by molar-refractivity contribution is -0.489. The lowest BCUT2D eigenvalue weighted by Gasteiger charge is -2.62. The summed E-state index contributed by atoms with van der Waals surface area (Å²) >= 11 is 0. The van der Waals surface area contributed by atoms with E-state index in [-0.39, 0.29) is 11.9 Å². The van der Waals surface area contributed by atoms with Gasteiger partial charge in [-0.2, -0.15) is 0 Å². The smallest absolute Gasteiger partial charge is 0.202 e. The number of fused-ring (bicyclic) bond motifs is 7. The van der Waals surface area contributed by atoms with Crippen LogP contribution in [0.15, 0.2) is 30.8 Å². The van der Waals surface area contributed by atoms with Crippen LogP contribution in [0.25, 0.3) is 5.57 Å². The summed E-state index contributed by atoms with van der Waals surface area (Å²) in [7, 11) is 0. The first-order valence-electron chi connectivity index (χ1n) is 17.6. The van der Waals surface area contributed by atoms with Crippen LogP contribution < -0.4 is 0 Å².